The Morgan fingerprint density at radius 3 is 2.57 bits per heavy atom. The zero-order valence-electron chi connectivity index (χ0n) is 12.9. The van der Waals surface area contributed by atoms with Crippen molar-refractivity contribution in [1.82, 2.24) is 9.97 Å². The smallest absolute Gasteiger partial charge is 0.173 e. The number of ether oxygens (including phenoxy) is 1. The Hall–Kier alpha value is -2.40. The summed E-state index contributed by atoms with van der Waals surface area (Å²) in [5.41, 5.74) is 1.58. The van der Waals surface area contributed by atoms with Crippen LogP contribution in [0, 0.1) is 6.92 Å². The molecule has 0 radical (unpaired) electrons. The Balaban J connectivity index is 1.78. The summed E-state index contributed by atoms with van der Waals surface area (Å²) in [5, 5.41) is 1.82. The monoisotopic (exact) mass is 324 g/mol. The molecule has 4 nitrogen and oxygen atoms in total. The van der Waals surface area contributed by atoms with Crippen molar-refractivity contribution in [3.63, 3.8) is 0 Å². The van der Waals surface area contributed by atoms with Crippen molar-refractivity contribution >= 4 is 28.4 Å². The molecule has 0 bridgehead atoms. The second kappa shape index (κ2) is 6.79. The highest BCUT2D eigenvalue weighted by molar-refractivity contribution is 8.00. The minimum atomic E-state index is 0.0676. The number of aromatic nitrogens is 2. The van der Waals surface area contributed by atoms with Crippen LogP contribution in [-0.4, -0.2) is 28.6 Å². The molecule has 0 amide bonds. The number of methoxy groups -OCH3 is 1. The lowest BCUT2D eigenvalue weighted by molar-refractivity contribution is 0.102. The van der Waals surface area contributed by atoms with Gasteiger partial charge in [-0.15, -0.1) is 0 Å². The van der Waals surface area contributed by atoms with E-state index < -0.39 is 0 Å². The molecule has 0 fully saturated rings. The van der Waals surface area contributed by atoms with E-state index in [-0.39, 0.29) is 5.78 Å². The van der Waals surface area contributed by atoms with Crippen LogP contribution in [0.5, 0.6) is 5.75 Å². The van der Waals surface area contributed by atoms with Crippen LogP contribution in [0.3, 0.4) is 0 Å². The average Bonchev–Trinajstić information content (AvgIpc) is 2.59. The minimum Gasteiger partial charge on any atom is -0.497 e. The third kappa shape index (κ3) is 3.51. The third-order valence-electron chi connectivity index (χ3n) is 3.43. The second-order valence-corrected chi connectivity index (χ2v) is 6.00. The maximum absolute atomic E-state index is 12.3. The standard InChI is InChI=1S/C18H16N2O2S/c1-12-19-16-6-4-3-5-15(16)18(20-12)23-11-17(21)13-7-9-14(22-2)10-8-13/h3-10H,11H2,1-2H3. The molecular formula is C18H16N2O2S. The fourth-order valence-electron chi connectivity index (χ4n) is 2.26. The first-order chi connectivity index (χ1) is 11.2. The Morgan fingerprint density at radius 1 is 1.09 bits per heavy atom. The molecule has 0 N–H and O–H groups in total. The predicted molar refractivity (Wildman–Crippen MR) is 92.3 cm³/mol. The molecule has 0 unspecified atom stereocenters. The molecule has 1 aromatic heterocycles. The highest BCUT2D eigenvalue weighted by Gasteiger charge is 2.11. The van der Waals surface area contributed by atoms with Crippen molar-refractivity contribution < 1.29 is 9.53 Å². The van der Waals surface area contributed by atoms with Crippen LogP contribution in [0.15, 0.2) is 53.6 Å². The molecule has 23 heavy (non-hydrogen) atoms. The molecule has 0 spiro atoms. The van der Waals surface area contributed by atoms with E-state index in [1.807, 2.05) is 31.2 Å². The molecule has 0 aliphatic heterocycles. The highest BCUT2D eigenvalue weighted by Crippen LogP contribution is 2.26. The first-order valence-electron chi connectivity index (χ1n) is 7.21. The molecule has 1 heterocycles. The number of benzene rings is 2. The van der Waals surface area contributed by atoms with E-state index in [1.165, 1.54) is 11.8 Å². The van der Waals surface area contributed by atoms with Crippen LogP contribution in [0.2, 0.25) is 0 Å². The molecule has 3 rings (SSSR count). The van der Waals surface area contributed by atoms with Crippen LogP contribution in [0.4, 0.5) is 0 Å². The molecule has 0 aliphatic carbocycles. The Labute approximate surface area is 138 Å². The zero-order chi connectivity index (χ0) is 16.2. The van der Waals surface area contributed by atoms with Gasteiger partial charge < -0.3 is 4.74 Å². The van der Waals surface area contributed by atoms with E-state index in [4.69, 9.17) is 4.74 Å². The lowest BCUT2D eigenvalue weighted by Crippen LogP contribution is -2.03. The van der Waals surface area contributed by atoms with Gasteiger partial charge >= 0.3 is 0 Å². The van der Waals surface area contributed by atoms with Crippen molar-refractivity contribution in [2.45, 2.75) is 11.9 Å². The first kappa shape index (κ1) is 15.5. The van der Waals surface area contributed by atoms with Gasteiger partial charge in [0, 0.05) is 10.9 Å². The first-order valence-corrected chi connectivity index (χ1v) is 8.19. The normalized spacial score (nSPS) is 10.7. The number of carbonyl (C=O) groups is 1. The van der Waals surface area contributed by atoms with Gasteiger partial charge in [0.25, 0.3) is 0 Å². The van der Waals surface area contributed by atoms with Crippen molar-refractivity contribution in [2.24, 2.45) is 0 Å². The van der Waals surface area contributed by atoms with Crippen molar-refractivity contribution in [2.75, 3.05) is 12.9 Å². The molecular weight excluding hydrogens is 308 g/mol. The molecule has 116 valence electrons. The number of para-hydroxylation sites is 1. The van der Waals surface area contributed by atoms with Crippen LogP contribution in [0.25, 0.3) is 10.9 Å². The van der Waals surface area contributed by atoms with Gasteiger partial charge in [0.2, 0.25) is 0 Å². The molecule has 0 aliphatic rings. The van der Waals surface area contributed by atoms with E-state index in [9.17, 15) is 4.79 Å². The molecule has 0 atom stereocenters. The van der Waals surface area contributed by atoms with Crippen molar-refractivity contribution in [3.05, 3.63) is 59.9 Å². The molecule has 2 aromatic carbocycles. The van der Waals surface area contributed by atoms with Gasteiger partial charge in [0.05, 0.1) is 18.4 Å². The average molecular weight is 324 g/mol. The number of hydrogen-bond acceptors (Lipinski definition) is 5. The lowest BCUT2D eigenvalue weighted by atomic mass is 10.1. The van der Waals surface area contributed by atoms with E-state index >= 15 is 0 Å². The van der Waals surface area contributed by atoms with Crippen LogP contribution in [0.1, 0.15) is 16.2 Å². The van der Waals surface area contributed by atoms with Gasteiger partial charge in [-0.05, 0) is 37.3 Å². The molecule has 0 saturated heterocycles. The van der Waals surface area contributed by atoms with Crippen molar-refractivity contribution in [1.29, 1.82) is 0 Å². The summed E-state index contributed by atoms with van der Waals surface area (Å²) in [7, 11) is 1.61. The van der Waals surface area contributed by atoms with Gasteiger partial charge in [-0.1, -0.05) is 30.0 Å². The Morgan fingerprint density at radius 2 is 1.83 bits per heavy atom. The van der Waals surface area contributed by atoms with Gasteiger partial charge in [-0.3, -0.25) is 4.79 Å². The SMILES string of the molecule is COc1ccc(C(=O)CSc2nc(C)nc3ccccc23)cc1. The number of hydrogen-bond donors (Lipinski definition) is 0. The maximum Gasteiger partial charge on any atom is 0.173 e. The number of carbonyl (C=O) groups excluding carboxylic acids is 1. The summed E-state index contributed by atoms with van der Waals surface area (Å²) in [6, 6.07) is 15.0. The lowest BCUT2D eigenvalue weighted by Gasteiger charge is -2.06. The minimum absolute atomic E-state index is 0.0676. The Kier molecular flexibility index (Phi) is 4.57. The van der Waals surface area contributed by atoms with Gasteiger partial charge in [-0.2, -0.15) is 0 Å². The van der Waals surface area contributed by atoms with Gasteiger partial charge in [-0.25, -0.2) is 9.97 Å². The summed E-state index contributed by atoms with van der Waals surface area (Å²) >= 11 is 1.45. The second-order valence-electron chi connectivity index (χ2n) is 5.03. The van der Waals surface area contributed by atoms with Crippen LogP contribution >= 0.6 is 11.8 Å². The van der Waals surface area contributed by atoms with Crippen LogP contribution in [-0.2, 0) is 0 Å². The maximum atomic E-state index is 12.3. The highest BCUT2D eigenvalue weighted by atomic mass is 32.2. The summed E-state index contributed by atoms with van der Waals surface area (Å²) in [4.78, 5) is 21.2. The quantitative estimate of drug-likeness (QED) is 0.404. The van der Waals surface area contributed by atoms with E-state index in [0.717, 1.165) is 21.7 Å². The van der Waals surface area contributed by atoms with E-state index in [1.54, 1.807) is 31.4 Å². The van der Waals surface area contributed by atoms with Gasteiger partial charge in [0.15, 0.2) is 5.78 Å². The number of rotatable bonds is 5. The number of aryl methyl sites for hydroxylation is 1. The molecule has 3 aromatic rings. The Bertz CT molecular complexity index is 847. The number of nitrogens with zero attached hydrogens (tertiary/aromatic N) is 2. The van der Waals surface area contributed by atoms with Crippen molar-refractivity contribution in [3.8, 4) is 5.75 Å². The van der Waals surface area contributed by atoms with Crippen LogP contribution < -0.4 is 4.74 Å². The summed E-state index contributed by atoms with van der Waals surface area (Å²) in [6.07, 6.45) is 0. The molecule has 0 saturated carbocycles. The van der Waals surface area contributed by atoms with E-state index in [0.29, 0.717) is 17.1 Å². The van der Waals surface area contributed by atoms with Gasteiger partial charge in [0.1, 0.15) is 16.6 Å². The van der Waals surface area contributed by atoms with E-state index in [2.05, 4.69) is 9.97 Å². The molecule has 5 heteroatoms. The fraction of sp³-hybridized carbons (Fsp3) is 0.167. The fourth-order valence-corrected chi connectivity index (χ4v) is 3.22. The number of thioether (sulfide) groups is 1. The summed E-state index contributed by atoms with van der Waals surface area (Å²) in [6.45, 7) is 1.86. The number of ketones is 1. The number of Topliss-reactive ketones (excluding diaryl/α,β-unsaturated/α-hetero) is 1. The summed E-state index contributed by atoms with van der Waals surface area (Å²) in [5.74, 6) is 1.86. The number of fused-ring (bicyclic) bond motifs is 1. The third-order valence-corrected chi connectivity index (χ3v) is 4.42. The zero-order valence-corrected chi connectivity index (χ0v) is 13.8. The summed E-state index contributed by atoms with van der Waals surface area (Å²) < 4.78 is 5.11. The predicted octanol–water partition coefficient (Wildman–Crippen LogP) is 3.92. The largest absolute Gasteiger partial charge is 0.497 e. The topological polar surface area (TPSA) is 52.1 Å².